The molecule has 2 aromatic carbocycles. The number of likely N-dealkylation sites (tertiary alicyclic amines) is 1. The molecule has 0 saturated carbocycles. The Morgan fingerprint density at radius 1 is 1.12 bits per heavy atom. The average Bonchev–Trinajstić information content (AvgIpc) is 3.07. The lowest BCUT2D eigenvalue weighted by Crippen LogP contribution is -2.43. The lowest BCUT2D eigenvalue weighted by atomic mass is 10.1. The number of rotatable bonds is 5. The van der Waals surface area contributed by atoms with Gasteiger partial charge in [0.15, 0.2) is 0 Å². The quantitative estimate of drug-likeness (QED) is 0.834. The summed E-state index contributed by atoms with van der Waals surface area (Å²) >= 11 is 0. The Balaban J connectivity index is 1.82. The molecule has 7 heteroatoms. The fourth-order valence-electron chi connectivity index (χ4n) is 2.85. The number of hydrogen-bond acceptors (Lipinski definition) is 5. The molecule has 3 rings (SSSR count). The van der Waals surface area contributed by atoms with Gasteiger partial charge in [0.05, 0.1) is 12.3 Å². The van der Waals surface area contributed by atoms with E-state index in [1.165, 1.54) is 12.0 Å². The van der Waals surface area contributed by atoms with E-state index >= 15 is 0 Å². The first-order chi connectivity index (χ1) is 12.6. The fourth-order valence-corrected chi connectivity index (χ4v) is 2.85. The average molecular weight is 353 g/mol. The molecule has 0 aromatic heterocycles. The van der Waals surface area contributed by atoms with Crippen molar-refractivity contribution < 1.29 is 19.2 Å². The standard InChI is InChI=1S/C19H19N3O4/c1-25-21-14-11-17(18(20)23)22(12-14)19(24)13-6-5-9-16(10-13)26-15-7-3-2-4-8-15/h2-10,17H,11-12H2,1H3,(H2,20,23). The molecular formula is C19H19N3O4. The molecule has 1 heterocycles. The first-order valence-electron chi connectivity index (χ1n) is 8.10. The minimum atomic E-state index is -0.741. The molecule has 2 amide bonds. The zero-order valence-electron chi connectivity index (χ0n) is 14.3. The summed E-state index contributed by atoms with van der Waals surface area (Å²) in [5.74, 6) is 0.315. The molecule has 1 aliphatic rings. The van der Waals surface area contributed by atoms with Gasteiger partial charge in [-0.05, 0) is 30.3 Å². The summed E-state index contributed by atoms with van der Waals surface area (Å²) in [7, 11) is 1.42. The maximum atomic E-state index is 12.9. The van der Waals surface area contributed by atoms with E-state index in [9.17, 15) is 9.59 Å². The number of carbonyl (C=O) groups is 2. The second-order valence-corrected chi connectivity index (χ2v) is 5.84. The van der Waals surface area contributed by atoms with Gasteiger partial charge in [0.1, 0.15) is 24.7 Å². The largest absolute Gasteiger partial charge is 0.457 e. The molecule has 26 heavy (non-hydrogen) atoms. The van der Waals surface area contributed by atoms with Gasteiger partial charge in [0.2, 0.25) is 5.91 Å². The van der Waals surface area contributed by atoms with Crippen molar-refractivity contribution in [1.82, 2.24) is 4.90 Å². The highest BCUT2D eigenvalue weighted by molar-refractivity contribution is 6.05. The zero-order valence-corrected chi connectivity index (χ0v) is 14.3. The van der Waals surface area contributed by atoms with Crippen molar-refractivity contribution >= 4 is 17.5 Å². The summed E-state index contributed by atoms with van der Waals surface area (Å²) in [4.78, 5) is 30.8. The maximum absolute atomic E-state index is 12.9. The van der Waals surface area contributed by atoms with Crippen LogP contribution in [0.5, 0.6) is 11.5 Å². The van der Waals surface area contributed by atoms with Crippen molar-refractivity contribution in [3.05, 3.63) is 60.2 Å². The molecule has 2 N–H and O–H groups in total. The highest BCUT2D eigenvalue weighted by atomic mass is 16.6. The number of carbonyl (C=O) groups excluding carboxylic acids is 2. The lowest BCUT2D eigenvalue weighted by Gasteiger charge is -2.21. The van der Waals surface area contributed by atoms with Gasteiger partial charge < -0.3 is 20.2 Å². The van der Waals surface area contributed by atoms with E-state index in [-0.39, 0.29) is 18.9 Å². The zero-order chi connectivity index (χ0) is 18.5. The van der Waals surface area contributed by atoms with Crippen LogP contribution in [0.3, 0.4) is 0 Å². The third kappa shape index (κ3) is 3.83. The monoisotopic (exact) mass is 353 g/mol. The third-order valence-electron chi connectivity index (χ3n) is 4.03. The van der Waals surface area contributed by atoms with Crippen LogP contribution in [0.25, 0.3) is 0 Å². The van der Waals surface area contributed by atoms with E-state index in [0.717, 1.165) is 0 Å². The first-order valence-corrected chi connectivity index (χ1v) is 8.10. The number of amides is 2. The molecular weight excluding hydrogens is 334 g/mol. The van der Waals surface area contributed by atoms with E-state index in [4.69, 9.17) is 15.3 Å². The summed E-state index contributed by atoms with van der Waals surface area (Å²) < 4.78 is 5.76. The SMILES string of the molecule is CON=C1CC(C(N)=O)N(C(=O)c2cccc(Oc3ccccc3)c2)C1. The van der Waals surface area contributed by atoms with Crippen LogP contribution in [0, 0.1) is 0 Å². The fraction of sp³-hybridized carbons (Fsp3) is 0.211. The Labute approximate surface area is 151 Å². The number of oxime groups is 1. The molecule has 0 spiro atoms. The Morgan fingerprint density at radius 3 is 2.54 bits per heavy atom. The van der Waals surface area contributed by atoms with Gasteiger partial charge in [-0.25, -0.2) is 0 Å². The normalized spacial score (nSPS) is 18.0. The molecule has 134 valence electrons. The van der Waals surface area contributed by atoms with Crippen LogP contribution in [-0.2, 0) is 9.63 Å². The van der Waals surface area contributed by atoms with Crippen molar-refractivity contribution in [3.63, 3.8) is 0 Å². The predicted molar refractivity (Wildman–Crippen MR) is 96.0 cm³/mol. The topological polar surface area (TPSA) is 94.2 Å². The van der Waals surface area contributed by atoms with Crippen LogP contribution in [0.2, 0.25) is 0 Å². The summed E-state index contributed by atoms with van der Waals surface area (Å²) in [6, 6.07) is 15.3. The van der Waals surface area contributed by atoms with Gasteiger partial charge in [-0.2, -0.15) is 0 Å². The highest BCUT2D eigenvalue weighted by Gasteiger charge is 2.37. The maximum Gasteiger partial charge on any atom is 0.255 e. The Morgan fingerprint density at radius 2 is 1.85 bits per heavy atom. The van der Waals surface area contributed by atoms with Crippen LogP contribution in [0.15, 0.2) is 59.8 Å². The Hall–Kier alpha value is -3.35. The summed E-state index contributed by atoms with van der Waals surface area (Å²) in [6.45, 7) is 0.198. The van der Waals surface area contributed by atoms with E-state index in [0.29, 0.717) is 22.8 Å². The number of para-hydroxylation sites is 1. The second kappa shape index (κ2) is 7.69. The summed E-state index contributed by atoms with van der Waals surface area (Å²) in [5, 5.41) is 3.85. The van der Waals surface area contributed by atoms with Gasteiger partial charge in [-0.3, -0.25) is 9.59 Å². The van der Waals surface area contributed by atoms with Gasteiger partial charge in [-0.15, -0.1) is 0 Å². The third-order valence-corrected chi connectivity index (χ3v) is 4.03. The number of hydrogen-bond donors (Lipinski definition) is 1. The Kier molecular flexibility index (Phi) is 5.17. The van der Waals surface area contributed by atoms with Gasteiger partial charge in [0, 0.05) is 12.0 Å². The molecule has 2 aromatic rings. The molecule has 1 unspecified atom stereocenters. The van der Waals surface area contributed by atoms with Crippen molar-refractivity contribution in [2.75, 3.05) is 13.7 Å². The van der Waals surface area contributed by atoms with Crippen LogP contribution in [0.4, 0.5) is 0 Å². The van der Waals surface area contributed by atoms with Gasteiger partial charge >= 0.3 is 0 Å². The summed E-state index contributed by atoms with van der Waals surface area (Å²) in [5.41, 5.74) is 6.45. The predicted octanol–water partition coefficient (Wildman–Crippen LogP) is 2.18. The number of ether oxygens (including phenoxy) is 1. The van der Waals surface area contributed by atoms with Gasteiger partial charge in [0.25, 0.3) is 5.91 Å². The minimum Gasteiger partial charge on any atom is -0.457 e. The second-order valence-electron chi connectivity index (χ2n) is 5.84. The number of nitrogens with zero attached hydrogens (tertiary/aromatic N) is 2. The highest BCUT2D eigenvalue weighted by Crippen LogP contribution is 2.24. The molecule has 1 saturated heterocycles. The van der Waals surface area contributed by atoms with E-state index in [1.807, 2.05) is 30.3 Å². The van der Waals surface area contributed by atoms with E-state index < -0.39 is 11.9 Å². The minimum absolute atomic E-state index is 0.198. The Bertz CT molecular complexity index is 836. The van der Waals surface area contributed by atoms with Crippen LogP contribution >= 0.6 is 0 Å². The van der Waals surface area contributed by atoms with Crippen molar-refractivity contribution in [2.24, 2.45) is 10.9 Å². The smallest absolute Gasteiger partial charge is 0.255 e. The molecule has 0 aliphatic carbocycles. The van der Waals surface area contributed by atoms with Crippen molar-refractivity contribution in [1.29, 1.82) is 0 Å². The first kappa shape index (κ1) is 17.5. The van der Waals surface area contributed by atoms with Crippen LogP contribution in [-0.4, -0.2) is 42.1 Å². The number of nitrogens with two attached hydrogens (primary N) is 1. The van der Waals surface area contributed by atoms with E-state index in [1.54, 1.807) is 24.3 Å². The number of primary amides is 1. The van der Waals surface area contributed by atoms with Crippen molar-refractivity contribution in [3.8, 4) is 11.5 Å². The molecule has 1 atom stereocenters. The molecule has 7 nitrogen and oxygen atoms in total. The van der Waals surface area contributed by atoms with Crippen molar-refractivity contribution in [2.45, 2.75) is 12.5 Å². The van der Waals surface area contributed by atoms with E-state index in [2.05, 4.69) is 5.16 Å². The van der Waals surface area contributed by atoms with Gasteiger partial charge in [-0.1, -0.05) is 29.4 Å². The molecule has 0 radical (unpaired) electrons. The molecule has 1 fully saturated rings. The molecule has 0 bridgehead atoms. The van der Waals surface area contributed by atoms with Crippen LogP contribution < -0.4 is 10.5 Å². The summed E-state index contributed by atoms with van der Waals surface area (Å²) in [6.07, 6.45) is 0.273. The lowest BCUT2D eigenvalue weighted by molar-refractivity contribution is -0.121. The number of benzene rings is 2. The molecule has 1 aliphatic heterocycles. The van der Waals surface area contributed by atoms with Crippen LogP contribution in [0.1, 0.15) is 16.8 Å².